The third kappa shape index (κ3) is 3.81. The van der Waals surface area contributed by atoms with Crippen molar-refractivity contribution in [1.82, 2.24) is 4.57 Å². The predicted octanol–water partition coefficient (Wildman–Crippen LogP) is 8.06. The molecule has 9 aromatic rings. The summed E-state index contributed by atoms with van der Waals surface area (Å²) in [5.74, 6) is 0. The Hall–Kier alpha value is -5.64. The maximum absolute atomic E-state index is 6.54. The Balaban J connectivity index is 1.39. The highest BCUT2D eigenvalue weighted by atomic mass is 28.3. The van der Waals surface area contributed by atoms with E-state index in [-0.39, 0.29) is 0 Å². The molecule has 2 nitrogen and oxygen atoms in total. The summed E-state index contributed by atoms with van der Waals surface area (Å²) in [5, 5.41) is 10.2. The number of hydrogen-bond donors (Lipinski definition) is 0. The smallest absolute Gasteiger partial charge is 0.179 e. The van der Waals surface area contributed by atoms with Crippen LogP contribution < -0.4 is 20.7 Å². The number of rotatable bonds is 5. The molecular formula is C42H29NOSi. The molecule has 45 heavy (non-hydrogen) atoms. The molecule has 0 N–H and O–H groups in total. The first-order valence-corrected chi connectivity index (χ1v) is 17.4. The van der Waals surface area contributed by atoms with Crippen molar-refractivity contribution < 1.29 is 4.42 Å². The number of para-hydroxylation sites is 3. The lowest BCUT2D eigenvalue weighted by Gasteiger charge is -2.34. The molecule has 2 heterocycles. The summed E-state index contributed by atoms with van der Waals surface area (Å²) in [6.45, 7) is 0. The van der Waals surface area contributed by atoms with Crippen molar-refractivity contribution >= 4 is 72.6 Å². The van der Waals surface area contributed by atoms with Crippen molar-refractivity contribution in [2.24, 2.45) is 0 Å². The molecule has 9 rings (SSSR count). The zero-order valence-electron chi connectivity index (χ0n) is 24.6. The van der Waals surface area contributed by atoms with E-state index in [0.29, 0.717) is 0 Å². The van der Waals surface area contributed by atoms with E-state index in [4.69, 9.17) is 4.42 Å². The summed E-state index contributed by atoms with van der Waals surface area (Å²) < 4.78 is 8.93. The summed E-state index contributed by atoms with van der Waals surface area (Å²) in [6, 6.07) is 64.1. The van der Waals surface area contributed by atoms with Gasteiger partial charge in [-0.1, -0.05) is 152 Å². The van der Waals surface area contributed by atoms with Gasteiger partial charge in [-0.05, 0) is 45.0 Å². The highest BCUT2D eigenvalue weighted by Crippen LogP contribution is 2.37. The molecule has 0 spiro atoms. The zero-order chi connectivity index (χ0) is 29.8. The van der Waals surface area contributed by atoms with Crippen molar-refractivity contribution in [3.05, 3.63) is 176 Å². The van der Waals surface area contributed by atoms with Crippen molar-refractivity contribution in [3.63, 3.8) is 0 Å². The Morgan fingerprint density at radius 2 is 0.911 bits per heavy atom. The maximum atomic E-state index is 6.54. The minimum absolute atomic E-state index is 0.909. The van der Waals surface area contributed by atoms with Crippen LogP contribution in [0.25, 0.3) is 49.4 Å². The van der Waals surface area contributed by atoms with E-state index in [1.807, 2.05) is 6.07 Å². The molecular weight excluding hydrogens is 563 g/mol. The molecule has 212 valence electrons. The van der Waals surface area contributed by atoms with Crippen LogP contribution in [-0.4, -0.2) is 12.6 Å². The second-order valence-corrected chi connectivity index (χ2v) is 15.5. The fourth-order valence-electron chi connectivity index (χ4n) is 7.44. The van der Waals surface area contributed by atoms with Gasteiger partial charge >= 0.3 is 0 Å². The van der Waals surface area contributed by atoms with Crippen LogP contribution in [0, 0.1) is 0 Å². The molecule has 3 heteroatoms. The van der Waals surface area contributed by atoms with Crippen LogP contribution in [0.3, 0.4) is 0 Å². The van der Waals surface area contributed by atoms with Gasteiger partial charge in [0.1, 0.15) is 5.58 Å². The Kier molecular flexibility index (Phi) is 5.87. The summed E-state index contributed by atoms with van der Waals surface area (Å²) in [4.78, 5) is 0. The third-order valence-electron chi connectivity index (χ3n) is 9.35. The van der Waals surface area contributed by atoms with Crippen LogP contribution >= 0.6 is 0 Å². The van der Waals surface area contributed by atoms with Gasteiger partial charge in [0.15, 0.2) is 13.7 Å². The van der Waals surface area contributed by atoms with Gasteiger partial charge in [0.05, 0.1) is 16.7 Å². The van der Waals surface area contributed by atoms with E-state index in [9.17, 15) is 0 Å². The Labute approximate surface area is 262 Å². The van der Waals surface area contributed by atoms with Gasteiger partial charge < -0.3 is 8.98 Å². The second kappa shape index (κ2) is 10.2. The van der Waals surface area contributed by atoms with E-state index < -0.39 is 8.07 Å². The fraction of sp³-hybridized carbons (Fsp3) is 0. The van der Waals surface area contributed by atoms with Gasteiger partial charge in [-0.15, -0.1) is 0 Å². The lowest BCUT2D eigenvalue weighted by Crippen LogP contribution is -2.74. The minimum atomic E-state index is -2.67. The molecule has 0 fully saturated rings. The molecule has 0 saturated carbocycles. The summed E-state index contributed by atoms with van der Waals surface area (Å²) in [7, 11) is -2.67. The predicted molar refractivity (Wildman–Crippen MR) is 192 cm³/mol. The van der Waals surface area contributed by atoms with Gasteiger partial charge in [0.2, 0.25) is 0 Å². The van der Waals surface area contributed by atoms with Gasteiger partial charge in [-0.25, -0.2) is 0 Å². The molecule has 0 atom stereocenters. The van der Waals surface area contributed by atoms with E-state index >= 15 is 0 Å². The van der Waals surface area contributed by atoms with Crippen LogP contribution in [-0.2, 0) is 0 Å². The van der Waals surface area contributed by atoms with E-state index in [1.165, 1.54) is 42.6 Å². The van der Waals surface area contributed by atoms with Crippen LogP contribution in [0.1, 0.15) is 0 Å². The van der Waals surface area contributed by atoms with Gasteiger partial charge in [-0.2, -0.15) is 0 Å². The first-order valence-electron chi connectivity index (χ1n) is 15.4. The second-order valence-electron chi connectivity index (χ2n) is 11.7. The molecule has 0 unspecified atom stereocenters. The number of hydrogen-bond acceptors (Lipinski definition) is 1. The van der Waals surface area contributed by atoms with E-state index in [0.717, 1.165) is 27.6 Å². The number of furan rings is 1. The summed E-state index contributed by atoms with van der Waals surface area (Å²) >= 11 is 0. The number of nitrogens with zero attached hydrogens (tertiary/aromatic N) is 1. The molecule has 0 radical (unpaired) electrons. The molecule has 0 aliphatic heterocycles. The van der Waals surface area contributed by atoms with Crippen LogP contribution in [0.4, 0.5) is 0 Å². The number of benzene rings is 7. The monoisotopic (exact) mass is 591 g/mol. The lowest BCUT2D eigenvalue weighted by atomic mass is 10.1. The van der Waals surface area contributed by atoms with Crippen LogP contribution in [0.5, 0.6) is 0 Å². The van der Waals surface area contributed by atoms with Gasteiger partial charge in [0.25, 0.3) is 0 Å². The Bertz CT molecular complexity index is 2380. The largest absolute Gasteiger partial charge is 0.454 e. The lowest BCUT2D eigenvalue weighted by molar-refractivity contribution is 0.666. The molecule has 0 amide bonds. The number of aromatic nitrogens is 1. The summed E-state index contributed by atoms with van der Waals surface area (Å²) in [5.41, 5.74) is 5.22. The average molecular weight is 592 g/mol. The normalized spacial score (nSPS) is 12.0. The highest BCUT2D eigenvalue weighted by Gasteiger charge is 2.41. The standard InChI is InChI=1S/C42H29NOSi/c1-4-15-30(16-5-1)45(31-17-6-2-7-18-31,32-19-8-3-9-20-32)33-27-28-39-37(29-33)34-21-10-12-24-38(34)43(39)40-25-14-23-36-35-22-11-13-26-41(35)44-42(36)40/h1-29H. The summed E-state index contributed by atoms with van der Waals surface area (Å²) in [6.07, 6.45) is 0. The molecule has 0 saturated heterocycles. The quantitative estimate of drug-likeness (QED) is 0.146. The molecule has 0 aliphatic carbocycles. The van der Waals surface area contributed by atoms with Crippen LogP contribution in [0.2, 0.25) is 0 Å². The maximum Gasteiger partial charge on any atom is 0.179 e. The third-order valence-corrected chi connectivity index (χ3v) is 14.1. The van der Waals surface area contributed by atoms with E-state index in [2.05, 4.69) is 174 Å². The van der Waals surface area contributed by atoms with E-state index in [1.54, 1.807) is 0 Å². The van der Waals surface area contributed by atoms with Gasteiger partial charge in [-0.3, -0.25) is 0 Å². The molecule has 2 aromatic heterocycles. The topological polar surface area (TPSA) is 18.1 Å². The Morgan fingerprint density at radius 3 is 1.58 bits per heavy atom. The first-order chi connectivity index (χ1) is 22.3. The minimum Gasteiger partial charge on any atom is -0.454 e. The zero-order valence-corrected chi connectivity index (χ0v) is 25.6. The van der Waals surface area contributed by atoms with Crippen molar-refractivity contribution in [3.8, 4) is 5.69 Å². The molecule has 0 bridgehead atoms. The molecule has 7 aromatic carbocycles. The number of fused-ring (bicyclic) bond motifs is 6. The highest BCUT2D eigenvalue weighted by molar-refractivity contribution is 7.20. The van der Waals surface area contributed by atoms with Crippen molar-refractivity contribution in [1.29, 1.82) is 0 Å². The van der Waals surface area contributed by atoms with Crippen molar-refractivity contribution in [2.75, 3.05) is 0 Å². The average Bonchev–Trinajstić information content (AvgIpc) is 3.66. The first kappa shape index (κ1) is 25.8. The Morgan fingerprint density at radius 1 is 0.378 bits per heavy atom. The van der Waals surface area contributed by atoms with Gasteiger partial charge in [0, 0.05) is 21.5 Å². The molecule has 0 aliphatic rings. The van der Waals surface area contributed by atoms with Crippen molar-refractivity contribution in [2.45, 2.75) is 0 Å². The van der Waals surface area contributed by atoms with Crippen LogP contribution in [0.15, 0.2) is 180 Å². The fourth-order valence-corrected chi connectivity index (χ4v) is 12.2. The SMILES string of the molecule is c1ccc([Si](c2ccccc2)(c2ccccc2)c2ccc3c(c2)c2ccccc2n3-c2cccc3c2oc2ccccc23)cc1.